The van der Waals surface area contributed by atoms with Crippen molar-refractivity contribution < 1.29 is 9.59 Å². The Balaban J connectivity index is 2.43. The van der Waals surface area contributed by atoms with Crippen molar-refractivity contribution in [3.8, 4) is 12.1 Å². The second-order valence-electron chi connectivity index (χ2n) is 4.89. The van der Waals surface area contributed by atoms with Crippen LogP contribution in [-0.4, -0.2) is 11.8 Å². The van der Waals surface area contributed by atoms with Crippen molar-refractivity contribution in [3.05, 3.63) is 41.5 Å². The second kappa shape index (κ2) is 6.02. The Bertz CT molecular complexity index is 648. The van der Waals surface area contributed by atoms with Gasteiger partial charge in [-0.3, -0.25) is 14.9 Å². The predicted molar refractivity (Wildman–Crippen MR) is 74.9 cm³/mol. The molecule has 1 aromatic rings. The molecule has 5 heteroatoms. The fraction of sp³-hybridized carbons (Fsp3) is 0.250. The van der Waals surface area contributed by atoms with E-state index in [2.05, 4.69) is 5.32 Å². The molecule has 1 aromatic carbocycles. The van der Waals surface area contributed by atoms with Crippen molar-refractivity contribution in [1.82, 2.24) is 5.32 Å². The fourth-order valence-electron chi connectivity index (χ4n) is 2.51. The van der Waals surface area contributed by atoms with Crippen molar-refractivity contribution in [2.45, 2.75) is 6.92 Å². The number of nitrogens with zero attached hydrogens (tertiary/aromatic N) is 2. The molecule has 0 radical (unpaired) electrons. The van der Waals surface area contributed by atoms with Gasteiger partial charge in [-0.05, 0) is 12.5 Å². The van der Waals surface area contributed by atoms with E-state index in [9.17, 15) is 20.1 Å². The van der Waals surface area contributed by atoms with Gasteiger partial charge in [0.25, 0.3) is 0 Å². The van der Waals surface area contributed by atoms with Gasteiger partial charge < -0.3 is 0 Å². The second-order valence-corrected chi connectivity index (χ2v) is 4.89. The Morgan fingerprint density at radius 2 is 1.62 bits per heavy atom. The monoisotopic (exact) mass is 279 g/mol. The molecule has 2 rings (SSSR count). The lowest BCUT2D eigenvalue weighted by Gasteiger charge is -2.30. The summed E-state index contributed by atoms with van der Waals surface area (Å²) in [5.41, 5.74) is 1.56. The van der Waals surface area contributed by atoms with Crippen LogP contribution in [0.1, 0.15) is 12.5 Å². The molecule has 0 aliphatic carbocycles. The number of carbonyl (C=O) groups excluding carboxylic acids is 2. The molecule has 1 aliphatic rings. The van der Waals surface area contributed by atoms with E-state index >= 15 is 0 Å². The Hall–Kier alpha value is -2.92. The molecule has 1 unspecified atom stereocenters. The van der Waals surface area contributed by atoms with Crippen molar-refractivity contribution >= 4 is 17.9 Å². The summed E-state index contributed by atoms with van der Waals surface area (Å²) in [5.74, 6) is -4.07. The summed E-state index contributed by atoms with van der Waals surface area (Å²) in [6, 6.07) is 13.1. The van der Waals surface area contributed by atoms with Crippen molar-refractivity contribution in [1.29, 1.82) is 10.5 Å². The maximum absolute atomic E-state index is 11.8. The molecule has 0 spiro atoms. The van der Waals surface area contributed by atoms with Gasteiger partial charge in [0.15, 0.2) is 0 Å². The normalized spacial score (nSPS) is 25.7. The molecule has 1 heterocycles. The van der Waals surface area contributed by atoms with E-state index in [1.807, 2.05) is 42.5 Å². The molecule has 2 amide bonds. The maximum atomic E-state index is 11.8. The molecule has 104 valence electrons. The molecule has 0 aromatic heterocycles. The molecule has 1 fully saturated rings. The highest BCUT2D eigenvalue weighted by molar-refractivity contribution is 6.02. The van der Waals surface area contributed by atoms with Gasteiger partial charge in [-0.1, -0.05) is 42.0 Å². The van der Waals surface area contributed by atoms with Crippen LogP contribution < -0.4 is 5.32 Å². The first-order valence-corrected chi connectivity index (χ1v) is 6.45. The van der Waals surface area contributed by atoms with Crippen molar-refractivity contribution in [3.63, 3.8) is 0 Å². The molecule has 1 N–H and O–H groups in total. The molecule has 0 saturated carbocycles. The van der Waals surface area contributed by atoms with E-state index in [1.165, 1.54) is 0 Å². The van der Waals surface area contributed by atoms with E-state index < -0.39 is 29.6 Å². The molecule has 0 bridgehead atoms. The number of allylic oxidation sites excluding steroid dienone is 1. The van der Waals surface area contributed by atoms with Gasteiger partial charge in [-0.25, -0.2) is 0 Å². The van der Waals surface area contributed by atoms with Crippen molar-refractivity contribution in [2.75, 3.05) is 0 Å². The fourth-order valence-corrected chi connectivity index (χ4v) is 2.51. The largest absolute Gasteiger partial charge is 0.294 e. The summed E-state index contributed by atoms with van der Waals surface area (Å²) in [6.07, 6.45) is 1.80. The summed E-state index contributed by atoms with van der Waals surface area (Å²) in [5, 5.41) is 20.5. The van der Waals surface area contributed by atoms with Gasteiger partial charge in [-0.15, -0.1) is 0 Å². The Morgan fingerprint density at radius 3 is 2.10 bits per heavy atom. The van der Waals surface area contributed by atoms with Crippen LogP contribution in [0.2, 0.25) is 0 Å². The molecule has 3 atom stereocenters. The van der Waals surface area contributed by atoms with E-state index in [-0.39, 0.29) is 0 Å². The highest BCUT2D eigenvalue weighted by Crippen LogP contribution is 2.33. The van der Waals surface area contributed by atoms with E-state index in [0.29, 0.717) is 5.57 Å². The van der Waals surface area contributed by atoms with Gasteiger partial charge in [0.05, 0.1) is 12.1 Å². The first kappa shape index (κ1) is 14.5. The summed E-state index contributed by atoms with van der Waals surface area (Å²) in [7, 11) is 0. The van der Waals surface area contributed by atoms with Crippen LogP contribution >= 0.6 is 0 Å². The number of nitrogens with one attached hydrogen (secondary N) is 1. The summed E-state index contributed by atoms with van der Waals surface area (Å²) in [6.45, 7) is 1.73. The zero-order chi connectivity index (χ0) is 15.4. The van der Waals surface area contributed by atoms with Crippen LogP contribution in [0, 0.1) is 40.4 Å². The number of nitriles is 2. The van der Waals surface area contributed by atoms with Gasteiger partial charge >= 0.3 is 0 Å². The van der Waals surface area contributed by atoms with E-state index in [1.54, 1.807) is 13.0 Å². The molecule has 5 nitrogen and oxygen atoms in total. The average Bonchev–Trinajstić information content (AvgIpc) is 2.47. The lowest BCUT2D eigenvalue weighted by Crippen LogP contribution is -2.51. The van der Waals surface area contributed by atoms with Crippen LogP contribution in [0.15, 0.2) is 35.9 Å². The lowest BCUT2D eigenvalue weighted by atomic mass is 9.74. The summed E-state index contributed by atoms with van der Waals surface area (Å²) >= 11 is 0. The van der Waals surface area contributed by atoms with Crippen LogP contribution in [-0.2, 0) is 9.59 Å². The molecule has 1 saturated heterocycles. The smallest absolute Gasteiger partial charge is 0.244 e. The number of amides is 2. The zero-order valence-corrected chi connectivity index (χ0v) is 11.4. The van der Waals surface area contributed by atoms with Crippen LogP contribution in [0.4, 0.5) is 0 Å². The molecule has 21 heavy (non-hydrogen) atoms. The minimum absolute atomic E-state index is 0.639. The number of piperidine rings is 1. The Labute approximate surface area is 122 Å². The number of benzene rings is 1. The molecule has 1 aliphatic heterocycles. The third-order valence-corrected chi connectivity index (χ3v) is 3.53. The lowest BCUT2D eigenvalue weighted by molar-refractivity contribution is -0.138. The highest BCUT2D eigenvalue weighted by atomic mass is 16.2. The van der Waals surface area contributed by atoms with Crippen LogP contribution in [0.3, 0.4) is 0 Å². The molecular weight excluding hydrogens is 266 g/mol. The van der Waals surface area contributed by atoms with Gasteiger partial charge in [-0.2, -0.15) is 10.5 Å². The SMILES string of the molecule is C/C(=C\c1ccccc1)C1[C@H](C#N)C(=O)NC(=O)[C@@H]1C#N. The van der Waals surface area contributed by atoms with Gasteiger partial charge in [0.2, 0.25) is 11.8 Å². The third kappa shape index (κ3) is 2.82. The average molecular weight is 279 g/mol. The van der Waals surface area contributed by atoms with Crippen molar-refractivity contribution in [2.24, 2.45) is 17.8 Å². The molecular formula is C16H13N3O2. The number of hydrogen-bond acceptors (Lipinski definition) is 4. The van der Waals surface area contributed by atoms with Crippen LogP contribution in [0.25, 0.3) is 6.08 Å². The quantitative estimate of drug-likeness (QED) is 0.833. The number of hydrogen-bond donors (Lipinski definition) is 1. The van der Waals surface area contributed by atoms with Gasteiger partial charge in [0.1, 0.15) is 11.8 Å². The standard InChI is InChI=1S/C16H13N3O2/c1-10(7-11-5-3-2-4-6-11)14-12(8-17)15(20)19-16(21)13(14)9-18/h2-7,12-14H,1H3,(H,19,20,21)/b10-7+/t12-,13+,14?. The predicted octanol–water partition coefficient (Wildman–Crippen LogP) is 1.64. The van der Waals surface area contributed by atoms with Gasteiger partial charge in [0, 0.05) is 5.92 Å². The van der Waals surface area contributed by atoms with E-state index in [0.717, 1.165) is 5.56 Å². The summed E-state index contributed by atoms with van der Waals surface area (Å²) < 4.78 is 0. The summed E-state index contributed by atoms with van der Waals surface area (Å²) in [4.78, 5) is 23.5. The minimum atomic E-state index is -1.03. The number of rotatable bonds is 2. The van der Waals surface area contributed by atoms with Crippen LogP contribution in [0.5, 0.6) is 0 Å². The maximum Gasteiger partial charge on any atom is 0.244 e. The third-order valence-electron chi connectivity index (χ3n) is 3.53. The first-order valence-electron chi connectivity index (χ1n) is 6.45. The Kier molecular flexibility index (Phi) is 4.15. The zero-order valence-electron chi connectivity index (χ0n) is 11.4. The van der Waals surface area contributed by atoms with E-state index in [4.69, 9.17) is 0 Å². The Morgan fingerprint density at radius 1 is 1.10 bits per heavy atom. The highest BCUT2D eigenvalue weighted by Gasteiger charge is 2.45. The topological polar surface area (TPSA) is 93.8 Å². The number of imide groups is 1. The first-order chi connectivity index (χ1) is 10.1. The minimum Gasteiger partial charge on any atom is -0.294 e. The number of carbonyl (C=O) groups is 2.